The Bertz CT molecular complexity index is 439. The van der Waals surface area contributed by atoms with E-state index in [0.717, 1.165) is 12.3 Å². The second-order valence-electron chi connectivity index (χ2n) is 2.52. The maximum Gasteiger partial charge on any atom is 0.511 e. The van der Waals surface area contributed by atoms with E-state index >= 15 is 0 Å². The van der Waals surface area contributed by atoms with Gasteiger partial charge in [0.05, 0.1) is 11.0 Å². The number of rotatable bonds is 1. The van der Waals surface area contributed by atoms with Crippen LogP contribution < -0.4 is 5.46 Å². The van der Waals surface area contributed by atoms with Crippen molar-refractivity contribution in [1.29, 1.82) is 0 Å². The van der Waals surface area contributed by atoms with Gasteiger partial charge in [0.2, 0.25) is 0 Å². The Hall–Kier alpha value is -1.11. The largest absolute Gasteiger partial charge is 0.511 e. The lowest BCUT2D eigenvalue weighted by Gasteiger charge is -2.13. The molecular formula is C6H3BF3N2S-. The molecule has 7 heteroatoms. The molecule has 2 heterocycles. The van der Waals surface area contributed by atoms with E-state index in [0.29, 0.717) is 10.3 Å². The Labute approximate surface area is 75.5 Å². The molecule has 0 radical (unpaired) electrons. The average molecular weight is 203 g/mol. The first kappa shape index (κ1) is 8.49. The lowest BCUT2D eigenvalue weighted by molar-refractivity contribution is 0.501. The Morgan fingerprint density at radius 3 is 2.69 bits per heavy atom. The highest BCUT2D eigenvalue weighted by atomic mass is 32.1. The Balaban J connectivity index is 2.61. The molecule has 2 rings (SSSR count). The fourth-order valence-corrected chi connectivity index (χ4v) is 1.56. The second kappa shape index (κ2) is 2.70. The maximum atomic E-state index is 12.2. The molecule has 0 saturated heterocycles. The molecule has 0 amide bonds. The van der Waals surface area contributed by atoms with Crippen LogP contribution in [0.25, 0.3) is 10.3 Å². The summed E-state index contributed by atoms with van der Waals surface area (Å²) in [5.41, 5.74) is 1.09. The van der Waals surface area contributed by atoms with E-state index in [-0.39, 0.29) is 0 Å². The highest BCUT2D eigenvalue weighted by Crippen LogP contribution is 2.15. The van der Waals surface area contributed by atoms with Crippen LogP contribution in [0.4, 0.5) is 12.9 Å². The van der Waals surface area contributed by atoms with Crippen LogP contribution in [0.2, 0.25) is 0 Å². The Morgan fingerprint density at radius 2 is 2.00 bits per heavy atom. The highest BCUT2D eigenvalue weighted by molar-refractivity contribution is 7.16. The predicted octanol–water partition coefficient (Wildman–Crippen LogP) is 1.75. The minimum atomic E-state index is -4.96. The lowest BCUT2D eigenvalue weighted by Crippen LogP contribution is -2.34. The van der Waals surface area contributed by atoms with Gasteiger partial charge in [-0.2, -0.15) is 0 Å². The third kappa shape index (κ3) is 1.51. The zero-order valence-corrected chi connectivity index (χ0v) is 7.06. The molecule has 0 aliphatic heterocycles. The van der Waals surface area contributed by atoms with Crippen LogP contribution in [0, 0.1) is 0 Å². The van der Waals surface area contributed by atoms with E-state index in [4.69, 9.17) is 0 Å². The molecule has 0 N–H and O–H groups in total. The third-order valence-corrected chi connectivity index (χ3v) is 2.34. The summed E-state index contributed by atoms with van der Waals surface area (Å²) in [4.78, 5) is 7.95. The first-order valence-electron chi connectivity index (χ1n) is 3.46. The average Bonchev–Trinajstić information content (AvgIpc) is 2.47. The molecule has 0 aliphatic carbocycles. The molecule has 0 atom stereocenters. The molecular weight excluding hydrogens is 200 g/mol. The van der Waals surface area contributed by atoms with Gasteiger partial charge in [0, 0.05) is 6.20 Å². The van der Waals surface area contributed by atoms with Gasteiger partial charge in [-0.25, -0.2) is 9.97 Å². The van der Waals surface area contributed by atoms with Crippen LogP contribution in [0.15, 0.2) is 17.8 Å². The van der Waals surface area contributed by atoms with Crippen LogP contribution in [0.1, 0.15) is 0 Å². The summed E-state index contributed by atoms with van der Waals surface area (Å²) < 4.78 is 36.7. The summed E-state index contributed by atoms with van der Waals surface area (Å²) >= 11 is 1.22. The van der Waals surface area contributed by atoms with Crippen molar-refractivity contribution in [2.24, 2.45) is 0 Å². The smallest absolute Gasteiger partial charge is 0.445 e. The molecule has 0 aliphatic rings. The molecule has 0 spiro atoms. The van der Waals surface area contributed by atoms with Crippen molar-refractivity contribution in [3.63, 3.8) is 0 Å². The number of nitrogens with zero attached hydrogens (tertiary/aromatic N) is 2. The molecule has 2 nitrogen and oxygen atoms in total. The van der Waals surface area contributed by atoms with E-state index in [1.807, 2.05) is 0 Å². The normalized spacial score (nSPS) is 12.2. The summed E-state index contributed by atoms with van der Waals surface area (Å²) in [6, 6.07) is 1.03. The molecule has 0 unspecified atom stereocenters. The molecule has 0 saturated carbocycles. The van der Waals surface area contributed by atoms with Gasteiger partial charge in [-0.1, -0.05) is 11.5 Å². The molecule has 13 heavy (non-hydrogen) atoms. The van der Waals surface area contributed by atoms with Crippen LogP contribution in [0.3, 0.4) is 0 Å². The van der Waals surface area contributed by atoms with Crippen molar-refractivity contribution < 1.29 is 12.9 Å². The molecule has 0 bridgehead atoms. The van der Waals surface area contributed by atoms with Gasteiger partial charge in [-0.3, -0.25) is 0 Å². The van der Waals surface area contributed by atoms with E-state index in [1.54, 1.807) is 0 Å². The zero-order chi connectivity index (χ0) is 9.47. The molecule has 2 aromatic heterocycles. The number of hydrogen-bond donors (Lipinski definition) is 0. The first-order chi connectivity index (χ1) is 6.07. The topological polar surface area (TPSA) is 25.8 Å². The fourth-order valence-electron chi connectivity index (χ4n) is 0.952. The minimum absolute atomic E-state index is 0.307. The third-order valence-electron chi connectivity index (χ3n) is 1.59. The van der Waals surface area contributed by atoms with Gasteiger partial charge in [-0.05, 0) is 0 Å². The van der Waals surface area contributed by atoms with Gasteiger partial charge in [0.1, 0.15) is 4.83 Å². The van der Waals surface area contributed by atoms with Crippen molar-refractivity contribution in [2.45, 2.75) is 0 Å². The van der Waals surface area contributed by atoms with Gasteiger partial charge < -0.3 is 12.9 Å². The number of aromatic nitrogens is 2. The number of halogens is 3. The summed E-state index contributed by atoms with van der Waals surface area (Å²) in [5, 5.41) is 0. The van der Waals surface area contributed by atoms with Crippen LogP contribution in [-0.2, 0) is 0 Å². The van der Waals surface area contributed by atoms with Gasteiger partial charge in [0.15, 0.2) is 0 Å². The van der Waals surface area contributed by atoms with Crippen molar-refractivity contribution in [2.75, 3.05) is 0 Å². The first-order valence-corrected chi connectivity index (χ1v) is 4.34. The predicted molar refractivity (Wildman–Crippen MR) is 46.1 cm³/mol. The molecule has 68 valence electrons. The summed E-state index contributed by atoms with van der Waals surface area (Å²) in [6.07, 6.45) is 0.848. The summed E-state index contributed by atoms with van der Waals surface area (Å²) in [7, 11) is 0. The van der Waals surface area contributed by atoms with Crippen LogP contribution in [-0.4, -0.2) is 16.9 Å². The van der Waals surface area contributed by atoms with Crippen molar-refractivity contribution >= 4 is 34.1 Å². The number of fused-ring (bicyclic) bond motifs is 1. The van der Waals surface area contributed by atoms with E-state index in [2.05, 4.69) is 9.97 Å². The SMILES string of the molecule is F[B-](F)(F)c1cnc2scnc2c1. The maximum absolute atomic E-state index is 12.2. The number of thiazole rings is 1. The molecule has 0 fully saturated rings. The zero-order valence-electron chi connectivity index (χ0n) is 6.25. The standard InChI is InChI=1S/C6H3BF3N2S/c8-7(9,10)4-1-5-6(11-2-4)13-3-12-5/h1-3H/q-1. The number of hydrogen-bond acceptors (Lipinski definition) is 3. The van der Waals surface area contributed by atoms with E-state index < -0.39 is 12.4 Å². The van der Waals surface area contributed by atoms with Crippen molar-refractivity contribution in [1.82, 2.24) is 9.97 Å². The monoisotopic (exact) mass is 203 g/mol. The van der Waals surface area contributed by atoms with E-state index in [9.17, 15) is 12.9 Å². The van der Waals surface area contributed by atoms with E-state index in [1.165, 1.54) is 16.8 Å². The minimum Gasteiger partial charge on any atom is -0.445 e. The quantitative estimate of drug-likeness (QED) is 0.659. The molecule has 0 aromatic carbocycles. The number of pyridine rings is 1. The van der Waals surface area contributed by atoms with Gasteiger partial charge in [-0.15, -0.1) is 11.3 Å². The van der Waals surface area contributed by atoms with Gasteiger partial charge in [0.25, 0.3) is 0 Å². The van der Waals surface area contributed by atoms with Crippen molar-refractivity contribution in [3.8, 4) is 0 Å². The summed E-state index contributed by atoms with van der Waals surface area (Å²) in [5.74, 6) is 0. The Kier molecular flexibility index (Phi) is 1.76. The second-order valence-corrected chi connectivity index (χ2v) is 3.35. The van der Waals surface area contributed by atoms with Crippen LogP contribution >= 0.6 is 11.3 Å². The Morgan fingerprint density at radius 1 is 1.23 bits per heavy atom. The molecule has 2 aromatic rings. The highest BCUT2D eigenvalue weighted by Gasteiger charge is 2.26. The fraction of sp³-hybridized carbons (Fsp3) is 0. The van der Waals surface area contributed by atoms with Gasteiger partial charge >= 0.3 is 6.98 Å². The van der Waals surface area contributed by atoms with Crippen molar-refractivity contribution in [3.05, 3.63) is 17.8 Å². The lowest BCUT2D eigenvalue weighted by atomic mass is 9.81. The summed E-state index contributed by atoms with van der Waals surface area (Å²) in [6.45, 7) is -4.96. The van der Waals surface area contributed by atoms with Crippen LogP contribution in [0.5, 0.6) is 0 Å².